The molecule has 1 amide bonds. The van der Waals surface area contributed by atoms with Crippen LogP contribution >= 0.6 is 0 Å². The third-order valence-corrected chi connectivity index (χ3v) is 5.19. The minimum absolute atomic E-state index is 0.0224. The number of nitro groups is 1. The number of carbonyl (C=O) groups is 1. The number of quaternary nitrogens is 1. The SMILES string of the molecule is C[NH+]1CCN(c2ccc([N+](=O)[O-])cc2/C=N\NC(=O)CCc2ccccc2O)CC1. The van der Waals surface area contributed by atoms with Crippen molar-refractivity contribution < 1.29 is 19.7 Å². The van der Waals surface area contributed by atoms with Gasteiger partial charge in [-0.05, 0) is 24.1 Å². The van der Waals surface area contributed by atoms with Crippen molar-refractivity contribution in [2.45, 2.75) is 12.8 Å². The molecule has 1 heterocycles. The van der Waals surface area contributed by atoms with Gasteiger partial charge in [0.05, 0.1) is 44.4 Å². The number of nitrogens with one attached hydrogen (secondary N) is 2. The summed E-state index contributed by atoms with van der Waals surface area (Å²) in [6.45, 7) is 3.65. The van der Waals surface area contributed by atoms with Gasteiger partial charge in [-0.25, -0.2) is 5.43 Å². The Morgan fingerprint density at radius 1 is 1.30 bits per heavy atom. The fraction of sp³-hybridized carbons (Fsp3) is 0.333. The molecular weight excluding hydrogens is 386 g/mol. The maximum absolute atomic E-state index is 12.1. The number of carbonyl (C=O) groups excluding carboxylic acids is 1. The number of likely N-dealkylation sites (N-methyl/N-ethyl adjacent to an activating group) is 1. The highest BCUT2D eigenvalue weighted by atomic mass is 16.6. The van der Waals surface area contributed by atoms with E-state index in [2.05, 4.69) is 22.5 Å². The topological polar surface area (TPSA) is 113 Å². The standard InChI is InChI=1S/C21H25N5O4/c1-24-10-12-25(13-11-24)19-8-7-18(26(29)30)14-17(19)15-22-23-21(28)9-6-16-4-2-3-5-20(16)27/h2-5,7-8,14-15,27H,6,9-13H2,1H3,(H,23,28)/p+1/b22-15-. The Bertz CT molecular complexity index is 939. The highest BCUT2D eigenvalue weighted by molar-refractivity contribution is 5.90. The van der Waals surface area contributed by atoms with Crippen LogP contribution in [0.2, 0.25) is 0 Å². The first-order valence-corrected chi connectivity index (χ1v) is 9.87. The molecule has 0 spiro atoms. The lowest BCUT2D eigenvalue weighted by Gasteiger charge is -2.32. The molecule has 0 bridgehead atoms. The van der Waals surface area contributed by atoms with Crippen LogP contribution < -0.4 is 15.2 Å². The Labute approximate surface area is 174 Å². The molecule has 1 fully saturated rings. The van der Waals surface area contributed by atoms with Crippen LogP contribution in [0.15, 0.2) is 47.6 Å². The number of anilines is 1. The van der Waals surface area contributed by atoms with Gasteiger partial charge in [0, 0.05) is 29.8 Å². The number of phenolic OH excluding ortho intramolecular Hbond substituents is 1. The molecular formula is C21H26N5O4+. The van der Waals surface area contributed by atoms with Crippen LogP contribution in [-0.4, -0.2) is 55.4 Å². The highest BCUT2D eigenvalue weighted by Crippen LogP contribution is 2.24. The number of aryl methyl sites for hydroxylation is 1. The van der Waals surface area contributed by atoms with Gasteiger partial charge >= 0.3 is 0 Å². The number of amides is 1. The summed E-state index contributed by atoms with van der Waals surface area (Å²) in [4.78, 5) is 26.4. The summed E-state index contributed by atoms with van der Waals surface area (Å²) < 4.78 is 0. The first-order valence-electron chi connectivity index (χ1n) is 9.87. The van der Waals surface area contributed by atoms with E-state index in [1.807, 2.05) is 0 Å². The van der Waals surface area contributed by atoms with Crippen LogP contribution in [0.1, 0.15) is 17.5 Å². The van der Waals surface area contributed by atoms with Gasteiger partial charge in [0.1, 0.15) is 5.75 Å². The van der Waals surface area contributed by atoms with Crippen molar-refractivity contribution in [3.8, 4) is 5.75 Å². The molecule has 1 aliphatic rings. The molecule has 30 heavy (non-hydrogen) atoms. The van der Waals surface area contributed by atoms with Crippen LogP contribution in [0.25, 0.3) is 0 Å². The van der Waals surface area contributed by atoms with Crippen LogP contribution in [0.3, 0.4) is 0 Å². The molecule has 0 saturated carbocycles. The molecule has 9 nitrogen and oxygen atoms in total. The van der Waals surface area contributed by atoms with Crippen molar-refractivity contribution >= 4 is 23.5 Å². The summed E-state index contributed by atoms with van der Waals surface area (Å²) in [7, 11) is 2.14. The van der Waals surface area contributed by atoms with Crippen molar-refractivity contribution in [3.63, 3.8) is 0 Å². The molecule has 0 atom stereocenters. The zero-order valence-corrected chi connectivity index (χ0v) is 16.9. The molecule has 0 radical (unpaired) electrons. The molecule has 1 saturated heterocycles. The number of aromatic hydroxyl groups is 1. The smallest absolute Gasteiger partial charge is 0.270 e. The van der Waals surface area contributed by atoms with E-state index in [9.17, 15) is 20.0 Å². The van der Waals surface area contributed by atoms with E-state index in [-0.39, 0.29) is 23.8 Å². The second kappa shape index (κ2) is 9.84. The lowest BCUT2D eigenvalue weighted by atomic mass is 10.1. The molecule has 2 aromatic carbocycles. The Morgan fingerprint density at radius 3 is 2.73 bits per heavy atom. The summed E-state index contributed by atoms with van der Waals surface area (Å²) in [5, 5.41) is 24.9. The van der Waals surface area contributed by atoms with Gasteiger partial charge in [-0.3, -0.25) is 14.9 Å². The zero-order valence-electron chi connectivity index (χ0n) is 16.9. The number of piperazine rings is 1. The molecule has 158 valence electrons. The molecule has 2 aromatic rings. The number of rotatable bonds is 7. The third-order valence-electron chi connectivity index (χ3n) is 5.19. The predicted octanol–water partition coefficient (Wildman–Crippen LogP) is 0.718. The van der Waals surface area contributed by atoms with Crippen molar-refractivity contribution in [1.82, 2.24) is 5.43 Å². The molecule has 3 N–H and O–H groups in total. The minimum atomic E-state index is -0.444. The average molecular weight is 412 g/mol. The fourth-order valence-electron chi connectivity index (χ4n) is 3.38. The second-order valence-corrected chi connectivity index (χ2v) is 7.37. The third kappa shape index (κ3) is 5.54. The van der Waals surface area contributed by atoms with E-state index in [4.69, 9.17) is 0 Å². The number of nitro benzene ring substituents is 1. The average Bonchev–Trinajstić information content (AvgIpc) is 2.74. The van der Waals surface area contributed by atoms with Gasteiger partial charge in [0.15, 0.2) is 0 Å². The van der Waals surface area contributed by atoms with Crippen LogP contribution in [0.5, 0.6) is 5.75 Å². The van der Waals surface area contributed by atoms with Crippen molar-refractivity contribution in [2.75, 3.05) is 38.1 Å². The number of benzene rings is 2. The van der Waals surface area contributed by atoms with Crippen LogP contribution in [-0.2, 0) is 11.2 Å². The maximum Gasteiger partial charge on any atom is 0.270 e. The lowest BCUT2D eigenvalue weighted by molar-refractivity contribution is -0.880. The van der Waals surface area contributed by atoms with Crippen molar-refractivity contribution in [1.29, 1.82) is 0 Å². The molecule has 9 heteroatoms. The normalized spacial score (nSPS) is 14.8. The van der Waals surface area contributed by atoms with E-state index in [0.29, 0.717) is 17.5 Å². The number of non-ortho nitro benzene ring substituents is 1. The maximum atomic E-state index is 12.1. The molecule has 3 rings (SSSR count). The molecule has 1 aliphatic heterocycles. The Balaban J connectivity index is 1.66. The summed E-state index contributed by atoms with van der Waals surface area (Å²) >= 11 is 0. The second-order valence-electron chi connectivity index (χ2n) is 7.37. The van der Waals surface area contributed by atoms with E-state index in [1.165, 1.54) is 23.2 Å². The lowest BCUT2D eigenvalue weighted by Crippen LogP contribution is -3.12. The van der Waals surface area contributed by atoms with Gasteiger partial charge in [-0.2, -0.15) is 5.10 Å². The summed E-state index contributed by atoms with van der Waals surface area (Å²) in [6, 6.07) is 11.6. The van der Waals surface area contributed by atoms with Gasteiger partial charge in [0.25, 0.3) is 5.69 Å². The molecule has 0 aromatic heterocycles. The van der Waals surface area contributed by atoms with Crippen LogP contribution in [0, 0.1) is 10.1 Å². The summed E-state index contributed by atoms with van der Waals surface area (Å²) in [5.41, 5.74) is 4.58. The monoisotopic (exact) mass is 412 g/mol. The Morgan fingerprint density at radius 2 is 2.03 bits per heavy atom. The van der Waals surface area contributed by atoms with Crippen LogP contribution in [0.4, 0.5) is 11.4 Å². The van der Waals surface area contributed by atoms with E-state index >= 15 is 0 Å². The van der Waals surface area contributed by atoms with Crippen molar-refractivity contribution in [3.05, 3.63) is 63.7 Å². The summed E-state index contributed by atoms with van der Waals surface area (Å²) in [6.07, 6.45) is 2.00. The number of para-hydroxylation sites is 1. The zero-order chi connectivity index (χ0) is 21.5. The van der Waals surface area contributed by atoms with E-state index in [1.54, 1.807) is 30.3 Å². The number of hydrogen-bond donors (Lipinski definition) is 3. The largest absolute Gasteiger partial charge is 0.508 e. The molecule has 0 unspecified atom stereocenters. The Hall–Kier alpha value is -3.46. The highest BCUT2D eigenvalue weighted by Gasteiger charge is 2.20. The number of phenols is 1. The first-order chi connectivity index (χ1) is 14.4. The number of hydrogen-bond acceptors (Lipinski definition) is 6. The van der Waals surface area contributed by atoms with Gasteiger partial charge in [-0.1, -0.05) is 18.2 Å². The molecule has 0 aliphatic carbocycles. The van der Waals surface area contributed by atoms with Crippen molar-refractivity contribution in [2.24, 2.45) is 5.10 Å². The number of hydrazone groups is 1. The van der Waals surface area contributed by atoms with E-state index < -0.39 is 4.92 Å². The van der Waals surface area contributed by atoms with E-state index in [0.717, 1.165) is 31.9 Å². The summed E-state index contributed by atoms with van der Waals surface area (Å²) in [5.74, 6) is -0.145. The Kier molecular flexibility index (Phi) is 6.97. The van der Waals surface area contributed by atoms with Gasteiger partial charge < -0.3 is 14.9 Å². The first kappa shape index (κ1) is 21.3. The fourth-order valence-corrected chi connectivity index (χ4v) is 3.38. The quantitative estimate of drug-likeness (QED) is 0.352. The van der Waals surface area contributed by atoms with Gasteiger partial charge in [0.2, 0.25) is 5.91 Å². The van der Waals surface area contributed by atoms with Gasteiger partial charge in [-0.15, -0.1) is 0 Å². The number of nitrogens with zero attached hydrogens (tertiary/aromatic N) is 3. The predicted molar refractivity (Wildman–Crippen MR) is 114 cm³/mol. The minimum Gasteiger partial charge on any atom is -0.508 e.